The van der Waals surface area contributed by atoms with Crippen LogP contribution in [0, 0.1) is 0 Å². The Kier molecular flexibility index (Phi) is 5.37. The molecule has 1 nitrogen and oxygen atoms in total. The van der Waals surface area contributed by atoms with E-state index in [0.29, 0.717) is 0 Å². The highest BCUT2D eigenvalue weighted by molar-refractivity contribution is 7.99. The summed E-state index contributed by atoms with van der Waals surface area (Å²) in [4.78, 5) is 0. The molecule has 0 saturated carbocycles. The van der Waals surface area contributed by atoms with E-state index in [1.54, 1.807) is 11.8 Å². The van der Waals surface area contributed by atoms with Crippen molar-refractivity contribution in [2.45, 2.75) is 11.5 Å². The van der Waals surface area contributed by atoms with Crippen molar-refractivity contribution in [3.05, 3.63) is 78.9 Å². The molecule has 0 bridgehead atoms. The summed E-state index contributed by atoms with van der Waals surface area (Å²) >= 11 is 6.06. The van der Waals surface area contributed by atoms with Crippen molar-refractivity contribution >= 4 is 35.2 Å². The molecule has 0 fully saturated rings. The molecular formula is C23H20OS2. The van der Waals surface area contributed by atoms with Crippen LogP contribution in [0.15, 0.2) is 88.4 Å². The lowest BCUT2D eigenvalue weighted by molar-refractivity contribution is 0.488. The van der Waals surface area contributed by atoms with Gasteiger partial charge in [0, 0.05) is 16.9 Å². The molecule has 4 aromatic rings. The van der Waals surface area contributed by atoms with Crippen LogP contribution in [0.2, 0.25) is 0 Å². The Morgan fingerprint density at radius 3 is 2.42 bits per heavy atom. The maximum atomic E-state index is 6.35. The summed E-state index contributed by atoms with van der Waals surface area (Å²) in [5.41, 5.74) is 3.47. The van der Waals surface area contributed by atoms with E-state index in [2.05, 4.69) is 85.4 Å². The highest BCUT2D eigenvalue weighted by atomic mass is 32.2. The quantitative estimate of drug-likeness (QED) is 0.217. The average molecular weight is 377 g/mol. The van der Waals surface area contributed by atoms with Crippen molar-refractivity contribution in [3.8, 4) is 22.5 Å². The van der Waals surface area contributed by atoms with Gasteiger partial charge in [-0.3, -0.25) is 0 Å². The van der Waals surface area contributed by atoms with Crippen molar-refractivity contribution < 1.29 is 4.42 Å². The van der Waals surface area contributed by atoms with E-state index < -0.39 is 0 Å². The lowest BCUT2D eigenvalue weighted by atomic mass is 9.98. The number of hydrogen-bond acceptors (Lipinski definition) is 3. The third-order valence-electron chi connectivity index (χ3n) is 4.38. The van der Waals surface area contributed by atoms with Crippen molar-refractivity contribution in [3.63, 3.8) is 0 Å². The summed E-state index contributed by atoms with van der Waals surface area (Å²) < 4.78 is 6.35. The van der Waals surface area contributed by atoms with E-state index in [1.807, 2.05) is 6.07 Å². The number of furan rings is 1. The zero-order chi connectivity index (χ0) is 17.8. The van der Waals surface area contributed by atoms with Crippen LogP contribution in [0.4, 0.5) is 0 Å². The van der Waals surface area contributed by atoms with Crippen molar-refractivity contribution in [2.24, 2.45) is 0 Å². The van der Waals surface area contributed by atoms with Crippen LogP contribution in [0.3, 0.4) is 0 Å². The van der Waals surface area contributed by atoms with Crippen molar-refractivity contribution in [1.82, 2.24) is 0 Å². The highest BCUT2D eigenvalue weighted by Crippen LogP contribution is 2.41. The molecule has 26 heavy (non-hydrogen) atoms. The SMILES string of the molecule is SCCCSc1cc(-c2ccccc2)c(-c2cccc3ccccc23)o1. The molecule has 130 valence electrons. The monoisotopic (exact) mass is 376 g/mol. The molecule has 0 aliphatic rings. The molecule has 4 rings (SSSR count). The molecule has 0 aliphatic carbocycles. The molecule has 1 aromatic heterocycles. The lowest BCUT2D eigenvalue weighted by Crippen LogP contribution is -1.82. The number of rotatable bonds is 6. The van der Waals surface area contributed by atoms with Crippen molar-refractivity contribution in [2.75, 3.05) is 11.5 Å². The second kappa shape index (κ2) is 8.07. The van der Waals surface area contributed by atoms with E-state index in [9.17, 15) is 0 Å². The standard InChI is InChI=1S/C23H20OS2/c25-14-7-15-26-22-16-21(18-8-2-1-3-9-18)23(24-22)20-13-6-11-17-10-4-5-12-19(17)20/h1-6,8-13,16,25H,7,14-15H2. The molecule has 0 amide bonds. The fraction of sp³-hybridized carbons (Fsp3) is 0.130. The third kappa shape index (κ3) is 3.55. The molecule has 0 spiro atoms. The van der Waals surface area contributed by atoms with Crippen LogP contribution in [0.5, 0.6) is 0 Å². The van der Waals surface area contributed by atoms with Gasteiger partial charge in [0.05, 0.1) is 0 Å². The first-order chi connectivity index (χ1) is 12.9. The van der Waals surface area contributed by atoms with Gasteiger partial charge in [-0.25, -0.2) is 0 Å². The maximum Gasteiger partial charge on any atom is 0.161 e. The molecule has 0 atom stereocenters. The van der Waals surface area contributed by atoms with Gasteiger partial charge in [0.25, 0.3) is 0 Å². The van der Waals surface area contributed by atoms with Gasteiger partial charge >= 0.3 is 0 Å². The Balaban J connectivity index is 1.86. The number of hydrogen-bond donors (Lipinski definition) is 1. The Bertz CT molecular complexity index is 1000. The summed E-state index contributed by atoms with van der Waals surface area (Å²) in [6, 6.07) is 27.5. The molecule has 1 heterocycles. The fourth-order valence-corrected chi connectivity index (χ4v) is 4.34. The summed E-state index contributed by atoms with van der Waals surface area (Å²) in [6.07, 6.45) is 1.07. The topological polar surface area (TPSA) is 13.1 Å². The summed E-state index contributed by atoms with van der Waals surface area (Å²) in [5.74, 6) is 2.86. The van der Waals surface area contributed by atoms with Gasteiger partial charge in [-0.15, -0.1) is 0 Å². The smallest absolute Gasteiger partial charge is 0.161 e. The lowest BCUT2D eigenvalue weighted by Gasteiger charge is -2.07. The number of thiol groups is 1. The summed E-state index contributed by atoms with van der Waals surface area (Å²) in [6.45, 7) is 0. The Hall–Kier alpha value is -2.10. The Morgan fingerprint density at radius 1 is 0.808 bits per heavy atom. The van der Waals surface area contributed by atoms with Crippen LogP contribution in [-0.2, 0) is 0 Å². The van der Waals surface area contributed by atoms with Gasteiger partial charge in [-0.2, -0.15) is 12.6 Å². The molecule has 3 aromatic carbocycles. The van der Waals surface area contributed by atoms with Gasteiger partial charge in [0.2, 0.25) is 0 Å². The number of benzene rings is 3. The van der Waals surface area contributed by atoms with Gasteiger partial charge in [-0.1, -0.05) is 84.6 Å². The van der Waals surface area contributed by atoms with E-state index in [-0.39, 0.29) is 0 Å². The van der Waals surface area contributed by atoms with E-state index in [1.165, 1.54) is 16.3 Å². The minimum atomic E-state index is 0.898. The van der Waals surface area contributed by atoms with Crippen LogP contribution >= 0.6 is 24.4 Å². The number of thioether (sulfide) groups is 1. The minimum Gasteiger partial charge on any atom is -0.449 e. The van der Waals surface area contributed by atoms with E-state index in [0.717, 1.165) is 39.9 Å². The first-order valence-electron chi connectivity index (χ1n) is 8.78. The second-order valence-electron chi connectivity index (χ2n) is 6.13. The molecule has 3 heteroatoms. The minimum absolute atomic E-state index is 0.898. The number of fused-ring (bicyclic) bond motifs is 1. The summed E-state index contributed by atoms with van der Waals surface area (Å²) in [7, 11) is 0. The van der Waals surface area contributed by atoms with E-state index in [4.69, 9.17) is 4.42 Å². The van der Waals surface area contributed by atoms with Gasteiger partial charge < -0.3 is 4.42 Å². The molecular weight excluding hydrogens is 356 g/mol. The van der Waals surface area contributed by atoms with Gasteiger partial charge in [-0.05, 0) is 34.6 Å². The summed E-state index contributed by atoms with van der Waals surface area (Å²) in [5, 5.41) is 3.41. The van der Waals surface area contributed by atoms with Gasteiger partial charge in [0.15, 0.2) is 5.09 Å². The third-order valence-corrected chi connectivity index (χ3v) is 5.67. The van der Waals surface area contributed by atoms with Crippen LogP contribution < -0.4 is 0 Å². The zero-order valence-electron chi connectivity index (χ0n) is 14.4. The molecule has 0 radical (unpaired) electrons. The van der Waals surface area contributed by atoms with Crippen LogP contribution in [0.25, 0.3) is 33.2 Å². The van der Waals surface area contributed by atoms with Gasteiger partial charge in [0.1, 0.15) is 5.76 Å². The largest absolute Gasteiger partial charge is 0.449 e. The Labute approximate surface area is 163 Å². The second-order valence-corrected chi connectivity index (χ2v) is 7.67. The first-order valence-corrected chi connectivity index (χ1v) is 10.4. The zero-order valence-corrected chi connectivity index (χ0v) is 16.1. The highest BCUT2D eigenvalue weighted by Gasteiger charge is 2.17. The predicted octanol–water partition coefficient (Wildman–Crippen LogP) is 7.18. The molecule has 0 N–H and O–H groups in total. The normalized spacial score (nSPS) is 11.1. The Morgan fingerprint density at radius 2 is 1.58 bits per heavy atom. The predicted molar refractivity (Wildman–Crippen MR) is 116 cm³/mol. The van der Waals surface area contributed by atoms with E-state index >= 15 is 0 Å². The van der Waals surface area contributed by atoms with Crippen LogP contribution in [0.1, 0.15) is 6.42 Å². The molecule has 0 aliphatic heterocycles. The average Bonchev–Trinajstić information content (AvgIpc) is 3.12. The maximum absolute atomic E-state index is 6.35. The fourth-order valence-electron chi connectivity index (χ4n) is 3.13. The van der Waals surface area contributed by atoms with Crippen LogP contribution in [-0.4, -0.2) is 11.5 Å². The van der Waals surface area contributed by atoms with Crippen molar-refractivity contribution in [1.29, 1.82) is 0 Å². The molecule has 0 unspecified atom stereocenters. The molecule has 0 saturated heterocycles. The first kappa shape index (κ1) is 17.3.